The third-order valence-electron chi connectivity index (χ3n) is 5.19. The number of sulfonamides is 1. The van der Waals surface area contributed by atoms with Crippen LogP contribution in [0.25, 0.3) is 0 Å². The Morgan fingerprint density at radius 1 is 1.09 bits per heavy atom. The number of hydrogen-bond donors (Lipinski definition) is 1. The molecule has 2 amide bonds. The van der Waals surface area contributed by atoms with Crippen molar-refractivity contribution in [2.24, 2.45) is 0 Å². The van der Waals surface area contributed by atoms with Crippen molar-refractivity contribution in [2.75, 3.05) is 24.2 Å². The van der Waals surface area contributed by atoms with Gasteiger partial charge in [0, 0.05) is 12.6 Å². The Balaban J connectivity index is 2.50. The van der Waals surface area contributed by atoms with Gasteiger partial charge in [0.15, 0.2) is 0 Å². The zero-order chi connectivity index (χ0) is 26.3. The number of methoxy groups -OCH3 is 1. The molecule has 0 heterocycles. The van der Waals surface area contributed by atoms with Crippen LogP contribution in [0.3, 0.4) is 0 Å². The summed E-state index contributed by atoms with van der Waals surface area (Å²) in [5, 5.41) is 3.50. The smallest absolute Gasteiger partial charge is 0.244 e. The molecule has 2 rings (SSSR count). The van der Waals surface area contributed by atoms with E-state index in [2.05, 4.69) is 5.32 Å². The third kappa shape index (κ3) is 7.75. The fourth-order valence-corrected chi connectivity index (χ4v) is 4.74. The molecular formula is C24H31Cl2N3O5S. The maximum Gasteiger partial charge on any atom is 0.244 e. The first-order chi connectivity index (χ1) is 16.4. The zero-order valence-electron chi connectivity index (χ0n) is 20.4. The quantitative estimate of drug-likeness (QED) is 0.460. The first-order valence-corrected chi connectivity index (χ1v) is 13.6. The first kappa shape index (κ1) is 28.7. The summed E-state index contributed by atoms with van der Waals surface area (Å²) in [6.45, 7) is 4.94. The summed E-state index contributed by atoms with van der Waals surface area (Å²) in [6.07, 6.45) is 1.33. The fraction of sp³-hybridized carbons (Fsp3) is 0.417. The molecular weight excluding hydrogens is 513 g/mol. The Labute approximate surface area is 217 Å². The van der Waals surface area contributed by atoms with Crippen molar-refractivity contribution in [1.82, 2.24) is 10.2 Å². The first-order valence-electron chi connectivity index (χ1n) is 11.0. The van der Waals surface area contributed by atoms with Crippen LogP contribution in [0.2, 0.25) is 10.0 Å². The summed E-state index contributed by atoms with van der Waals surface area (Å²) in [7, 11) is -2.45. The van der Waals surface area contributed by atoms with Gasteiger partial charge in [-0.2, -0.15) is 0 Å². The summed E-state index contributed by atoms with van der Waals surface area (Å²) in [6, 6.07) is 10.5. The molecule has 11 heteroatoms. The van der Waals surface area contributed by atoms with E-state index in [1.165, 1.54) is 12.0 Å². The molecule has 0 fully saturated rings. The van der Waals surface area contributed by atoms with Crippen molar-refractivity contribution in [1.29, 1.82) is 0 Å². The summed E-state index contributed by atoms with van der Waals surface area (Å²) in [5.74, 6) is -0.594. The van der Waals surface area contributed by atoms with E-state index in [-0.39, 0.29) is 24.2 Å². The number of nitrogens with one attached hydrogen (secondary N) is 1. The molecule has 2 aromatic rings. The van der Waals surface area contributed by atoms with Gasteiger partial charge in [-0.15, -0.1) is 0 Å². The lowest BCUT2D eigenvalue weighted by atomic mass is 10.1. The number of carbonyl (C=O) groups is 2. The normalized spacial score (nSPS) is 12.2. The highest BCUT2D eigenvalue weighted by atomic mass is 35.5. The molecule has 0 saturated heterocycles. The lowest BCUT2D eigenvalue weighted by Crippen LogP contribution is -2.53. The second-order valence-electron chi connectivity index (χ2n) is 8.30. The predicted molar refractivity (Wildman–Crippen MR) is 140 cm³/mol. The Hall–Kier alpha value is -2.49. The van der Waals surface area contributed by atoms with E-state index in [0.29, 0.717) is 27.8 Å². The molecule has 0 bridgehead atoms. The Morgan fingerprint density at radius 3 is 2.29 bits per heavy atom. The number of anilines is 1. The average Bonchev–Trinajstić information content (AvgIpc) is 2.78. The summed E-state index contributed by atoms with van der Waals surface area (Å²) in [4.78, 5) is 28.0. The van der Waals surface area contributed by atoms with Gasteiger partial charge in [-0.05, 0) is 50.1 Å². The van der Waals surface area contributed by atoms with Crippen LogP contribution in [-0.2, 0) is 26.2 Å². The van der Waals surface area contributed by atoms with Gasteiger partial charge in [0.25, 0.3) is 0 Å². The monoisotopic (exact) mass is 543 g/mol. The van der Waals surface area contributed by atoms with E-state index < -0.39 is 28.5 Å². The van der Waals surface area contributed by atoms with Gasteiger partial charge < -0.3 is 15.0 Å². The number of amides is 2. The lowest BCUT2D eigenvalue weighted by molar-refractivity contribution is -0.140. The molecule has 0 aliphatic rings. The number of ether oxygens (including phenoxy) is 1. The molecule has 8 nitrogen and oxygen atoms in total. The Bertz CT molecular complexity index is 1160. The summed E-state index contributed by atoms with van der Waals surface area (Å²) in [5.41, 5.74) is 0.867. The van der Waals surface area contributed by atoms with Gasteiger partial charge in [-0.1, -0.05) is 48.3 Å². The molecule has 0 saturated carbocycles. The van der Waals surface area contributed by atoms with E-state index in [1.807, 2.05) is 13.8 Å². The van der Waals surface area contributed by atoms with E-state index in [0.717, 1.165) is 10.6 Å². The van der Waals surface area contributed by atoms with Gasteiger partial charge in [0.1, 0.15) is 18.3 Å². The van der Waals surface area contributed by atoms with Crippen LogP contribution in [0, 0.1) is 0 Å². The summed E-state index contributed by atoms with van der Waals surface area (Å²) < 4.78 is 31.7. The number of carbonyl (C=O) groups excluding carboxylic acids is 2. The number of hydrogen-bond acceptors (Lipinski definition) is 5. The van der Waals surface area contributed by atoms with Crippen LogP contribution in [0.5, 0.6) is 5.75 Å². The Kier molecular flexibility index (Phi) is 10.2. The lowest BCUT2D eigenvalue weighted by Gasteiger charge is -2.33. The highest BCUT2D eigenvalue weighted by molar-refractivity contribution is 7.92. The topological polar surface area (TPSA) is 96.0 Å². The van der Waals surface area contributed by atoms with Crippen molar-refractivity contribution < 1.29 is 22.7 Å². The molecule has 35 heavy (non-hydrogen) atoms. The standard InChI is InChI=1S/C24H31Cl2N3O5S/c1-6-20(24(31)27-16(2)3)28(14-17-11-12-18(25)19(26)13-17)23(30)15-29(35(5,32)33)21-9-7-8-10-22(21)34-4/h7-13,16,20H,6,14-15H2,1-5H3,(H,27,31)/t20-/m0/s1. The molecule has 0 aliphatic heterocycles. The molecule has 0 aromatic heterocycles. The maximum atomic E-state index is 13.7. The number of rotatable bonds is 11. The van der Waals surface area contributed by atoms with Gasteiger partial charge in [0.2, 0.25) is 21.8 Å². The van der Waals surface area contributed by atoms with Crippen LogP contribution in [0.1, 0.15) is 32.8 Å². The van der Waals surface area contributed by atoms with Gasteiger partial charge in [-0.3, -0.25) is 13.9 Å². The molecule has 192 valence electrons. The van der Waals surface area contributed by atoms with E-state index in [9.17, 15) is 18.0 Å². The van der Waals surface area contributed by atoms with Crippen LogP contribution in [0.15, 0.2) is 42.5 Å². The second kappa shape index (κ2) is 12.5. The van der Waals surface area contributed by atoms with E-state index >= 15 is 0 Å². The van der Waals surface area contributed by atoms with Crippen LogP contribution in [0.4, 0.5) is 5.69 Å². The van der Waals surface area contributed by atoms with E-state index in [4.69, 9.17) is 27.9 Å². The van der Waals surface area contributed by atoms with Crippen LogP contribution in [-0.4, -0.2) is 57.1 Å². The van der Waals surface area contributed by atoms with E-state index in [1.54, 1.807) is 49.4 Å². The molecule has 0 radical (unpaired) electrons. The zero-order valence-corrected chi connectivity index (χ0v) is 22.7. The minimum Gasteiger partial charge on any atom is -0.495 e. The largest absolute Gasteiger partial charge is 0.495 e. The molecule has 1 N–H and O–H groups in total. The fourth-order valence-electron chi connectivity index (χ4n) is 3.57. The average molecular weight is 545 g/mol. The Morgan fingerprint density at radius 2 is 1.74 bits per heavy atom. The van der Waals surface area contributed by atoms with Gasteiger partial charge >= 0.3 is 0 Å². The number of halogens is 2. The third-order valence-corrected chi connectivity index (χ3v) is 7.05. The summed E-state index contributed by atoms with van der Waals surface area (Å²) >= 11 is 12.2. The van der Waals surface area contributed by atoms with Crippen molar-refractivity contribution in [3.8, 4) is 5.75 Å². The van der Waals surface area contributed by atoms with Crippen molar-refractivity contribution in [2.45, 2.75) is 45.8 Å². The predicted octanol–water partition coefficient (Wildman–Crippen LogP) is 4.10. The SMILES string of the molecule is CC[C@@H](C(=O)NC(C)C)N(Cc1ccc(Cl)c(Cl)c1)C(=O)CN(c1ccccc1OC)S(C)(=O)=O. The molecule has 0 spiro atoms. The van der Waals surface area contributed by atoms with Crippen molar-refractivity contribution in [3.05, 3.63) is 58.1 Å². The highest BCUT2D eigenvalue weighted by Crippen LogP contribution is 2.30. The molecule has 0 aliphatic carbocycles. The highest BCUT2D eigenvalue weighted by Gasteiger charge is 2.32. The minimum absolute atomic E-state index is 0.0310. The number of para-hydroxylation sites is 2. The van der Waals surface area contributed by atoms with Crippen LogP contribution >= 0.6 is 23.2 Å². The van der Waals surface area contributed by atoms with Crippen molar-refractivity contribution in [3.63, 3.8) is 0 Å². The van der Waals surface area contributed by atoms with Gasteiger partial charge in [0.05, 0.1) is 29.1 Å². The minimum atomic E-state index is -3.87. The maximum absolute atomic E-state index is 13.7. The second-order valence-corrected chi connectivity index (χ2v) is 11.0. The molecule has 2 aromatic carbocycles. The number of nitrogens with zero attached hydrogens (tertiary/aromatic N) is 2. The van der Waals surface area contributed by atoms with Gasteiger partial charge in [-0.25, -0.2) is 8.42 Å². The number of benzene rings is 2. The van der Waals surface area contributed by atoms with Crippen molar-refractivity contribution >= 4 is 50.7 Å². The van der Waals surface area contributed by atoms with Crippen LogP contribution < -0.4 is 14.4 Å². The molecule has 0 unspecified atom stereocenters. The molecule has 1 atom stereocenters.